The Bertz CT molecular complexity index is 277. The van der Waals surface area contributed by atoms with Gasteiger partial charge in [-0.2, -0.15) is 0 Å². The summed E-state index contributed by atoms with van der Waals surface area (Å²) in [4.78, 5) is 13.4. The summed E-state index contributed by atoms with van der Waals surface area (Å²) in [5, 5.41) is 0. The maximum atomic E-state index is 11.7. The molecule has 1 unspecified atom stereocenters. The van der Waals surface area contributed by atoms with Crippen molar-refractivity contribution in [3.8, 4) is 0 Å². The van der Waals surface area contributed by atoms with Gasteiger partial charge < -0.3 is 9.47 Å². The van der Waals surface area contributed by atoms with E-state index in [9.17, 15) is 4.79 Å². The largest absolute Gasteiger partial charge is 0.333 e. The quantitative estimate of drug-likeness (QED) is 0.514. The molecule has 1 heterocycles. The average molecular weight is 227 g/mol. The van der Waals surface area contributed by atoms with Gasteiger partial charge in [-0.3, -0.25) is 9.69 Å². The molecule has 16 heavy (non-hydrogen) atoms. The van der Waals surface area contributed by atoms with Crippen molar-refractivity contribution in [2.24, 2.45) is 0 Å². The average Bonchev–Trinajstić information content (AvgIpc) is 2.62. The fraction of sp³-hybridized carbons (Fsp3) is 0.750. The normalized spacial score (nSPS) is 19.9. The Morgan fingerprint density at radius 3 is 2.69 bits per heavy atom. The van der Waals surface area contributed by atoms with Crippen LogP contribution in [0.5, 0.6) is 0 Å². The molecule has 0 saturated carbocycles. The number of amides is 1. The van der Waals surface area contributed by atoms with Gasteiger partial charge in [0.05, 0.1) is 6.61 Å². The number of nitrogens with zero attached hydrogens (tertiary/aromatic N) is 1. The monoisotopic (exact) mass is 227 g/mol. The SMILES string of the molecule is C=C(C)COC(C)(OCC)N1CCCC1=O. The Labute approximate surface area is 97.2 Å². The first kappa shape index (κ1) is 13.2. The van der Waals surface area contributed by atoms with Crippen LogP contribution in [0.4, 0.5) is 0 Å². The van der Waals surface area contributed by atoms with Gasteiger partial charge in [0.2, 0.25) is 5.91 Å². The molecule has 1 atom stereocenters. The van der Waals surface area contributed by atoms with Gasteiger partial charge in [0.1, 0.15) is 0 Å². The van der Waals surface area contributed by atoms with E-state index in [1.165, 1.54) is 0 Å². The van der Waals surface area contributed by atoms with E-state index in [2.05, 4.69) is 6.58 Å². The molecule has 0 aromatic carbocycles. The van der Waals surface area contributed by atoms with Crippen molar-refractivity contribution < 1.29 is 14.3 Å². The minimum Gasteiger partial charge on any atom is -0.333 e. The van der Waals surface area contributed by atoms with Crippen molar-refractivity contribution in [1.82, 2.24) is 4.90 Å². The number of ether oxygens (including phenoxy) is 2. The first-order valence-electron chi connectivity index (χ1n) is 5.72. The highest BCUT2D eigenvalue weighted by atomic mass is 16.7. The van der Waals surface area contributed by atoms with Crippen LogP contribution in [0, 0.1) is 0 Å². The van der Waals surface area contributed by atoms with E-state index in [0.29, 0.717) is 26.2 Å². The molecule has 0 N–H and O–H groups in total. The molecular weight excluding hydrogens is 206 g/mol. The summed E-state index contributed by atoms with van der Waals surface area (Å²) in [6.07, 6.45) is 1.46. The van der Waals surface area contributed by atoms with Gasteiger partial charge in [0, 0.05) is 26.5 Å². The predicted molar refractivity (Wildman–Crippen MR) is 61.7 cm³/mol. The maximum absolute atomic E-state index is 11.7. The van der Waals surface area contributed by atoms with E-state index in [1.54, 1.807) is 11.8 Å². The molecule has 1 aliphatic heterocycles. The molecule has 0 bridgehead atoms. The van der Waals surface area contributed by atoms with Crippen molar-refractivity contribution in [1.29, 1.82) is 0 Å². The van der Waals surface area contributed by atoms with Gasteiger partial charge in [-0.15, -0.1) is 0 Å². The fourth-order valence-corrected chi connectivity index (χ4v) is 1.80. The van der Waals surface area contributed by atoms with Crippen molar-refractivity contribution in [2.45, 2.75) is 39.5 Å². The van der Waals surface area contributed by atoms with Crippen LogP contribution < -0.4 is 0 Å². The highest BCUT2D eigenvalue weighted by molar-refractivity contribution is 5.78. The van der Waals surface area contributed by atoms with Crippen LogP contribution in [0.15, 0.2) is 12.2 Å². The second-order valence-corrected chi connectivity index (χ2v) is 4.23. The lowest BCUT2D eigenvalue weighted by Gasteiger charge is -2.37. The molecular formula is C12H21NO3. The molecule has 0 aromatic heterocycles. The Hall–Kier alpha value is -0.870. The molecule has 1 aliphatic rings. The summed E-state index contributed by atoms with van der Waals surface area (Å²) >= 11 is 0. The summed E-state index contributed by atoms with van der Waals surface area (Å²) in [6.45, 7) is 11.0. The van der Waals surface area contributed by atoms with Crippen LogP contribution in [-0.4, -0.2) is 36.5 Å². The molecule has 1 fully saturated rings. The topological polar surface area (TPSA) is 38.8 Å². The van der Waals surface area contributed by atoms with Crippen molar-refractivity contribution in [2.75, 3.05) is 19.8 Å². The third kappa shape index (κ3) is 3.06. The van der Waals surface area contributed by atoms with E-state index < -0.39 is 5.91 Å². The zero-order valence-corrected chi connectivity index (χ0v) is 10.4. The number of carbonyl (C=O) groups excluding carboxylic acids is 1. The van der Waals surface area contributed by atoms with Crippen LogP contribution in [0.1, 0.15) is 33.6 Å². The minimum absolute atomic E-state index is 0.0951. The Balaban J connectivity index is 2.69. The van der Waals surface area contributed by atoms with Gasteiger partial charge in [-0.25, -0.2) is 0 Å². The number of hydrogen-bond donors (Lipinski definition) is 0. The molecule has 1 amide bonds. The lowest BCUT2D eigenvalue weighted by atomic mass is 10.3. The smallest absolute Gasteiger partial charge is 0.251 e. The van der Waals surface area contributed by atoms with Gasteiger partial charge in [0.15, 0.2) is 0 Å². The minimum atomic E-state index is -0.943. The van der Waals surface area contributed by atoms with Gasteiger partial charge >= 0.3 is 0 Å². The zero-order chi connectivity index (χ0) is 12.2. The number of hydrogen-bond acceptors (Lipinski definition) is 3. The first-order chi connectivity index (χ1) is 7.49. The van der Waals surface area contributed by atoms with Crippen molar-refractivity contribution in [3.63, 3.8) is 0 Å². The third-order valence-corrected chi connectivity index (χ3v) is 2.56. The van der Waals surface area contributed by atoms with Crippen LogP contribution in [0.2, 0.25) is 0 Å². The highest BCUT2D eigenvalue weighted by Gasteiger charge is 2.39. The summed E-state index contributed by atoms with van der Waals surface area (Å²) in [5.41, 5.74) is 0.914. The van der Waals surface area contributed by atoms with E-state index in [4.69, 9.17) is 9.47 Å². The van der Waals surface area contributed by atoms with Crippen molar-refractivity contribution >= 4 is 5.91 Å². The predicted octanol–water partition coefficient (Wildman–Crippen LogP) is 1.91. The molecule has 0 aromatic rings. The summed E-state index contributed by atoms with van der Waals surface area (Å²) in [6, 6.07) is 0. The maximum Gasteiger partial charge on any atom is 0.251 e. The van der Waals surface area contributed by atoms with E-state index in [0.717, 1.165) is 12.0 Å². The van der Waals surface area contributed by atoms with E-state index >= 15 is 0 Å². The van der Waals surface area contributed by atoms with E-state index in [-0.39, 0.29) is 5.91 Å². The molecule has 0 radical (unpaired) electrons. The lowest BCUT2D eigenvalue weighted by Crippen LogP contribution is -2.51. The van der Waals surface area contributed by atoms with Crippen LogP contribution in [0.3, 0.4) is 0 Å². The molecule has 1 saturated heterocycles. The summed E-state index contributed by atoms with van der Waals surface area (Å²) < 4.78 is 11.2. The van der Waals surface area contributed by atoms with Crippen LogP contribution in [0.25, 0.3) is 0 Å². The molecule has 1 rings (SSSR count). The second-order valence-electron chi connectivity index (χ2n) is 4.23. The summed E-state index contributed by atoms with van der Waals surface area (Å²) in [7, 11) is 0. The number of likely N-dealkylation sites (tertiary alicyclic amines) is 1. The molecule has 4 heteroatoms. The Kier molecular flexibility index (Phi) is 4.50. The lowest BCUT2D eigenvalue weighted by molar-refractivity contribution is -0.290. The van der Waals surface area contributed by atoms with Gasteiger partial charge in [0.25, 0.3) is 5.91 Å². The molecule has 0 spiro atoms. The molecule has 0 aliphatic carbocycles. The zero-order valence-electron chi connectivity index (χ0n) is 10.4. The second kappa shape index (κ2) is 5.46. The first-order valence-corrected chi connectivity index (χ1v) is 5.72. The standard InChI is InChI=1S/C12H21NO3/c1-5-15-12(4,16-9-10(2)3)13-8-6-7-11(13)14/h2,5-9H2,1,3-4H3. The van der Waals surface area contributed by atoms with Crippen LogP contribution in [-0.2, 0) is 14.3 Å². The van der Waals surface area contributed by atoms with Gasteiger partial charge in [-0.05, 0) is 20.3 Å². The summed E-state index contributed by atoms with van der Waals surface area (Å²) in [5.74, 6) is -0.848. The number of rotatable bonds is 6. The van der Waals surface area contributed by atoms with E-state index in [1.807, 2.05) is 13.8 Å². The Morgan fingerprint density at radius 2 is 2.25 bits per heavy atom. The highest BCUT2D eigenvalue weighted by Crippen LogP contribution is 2.25. The third-order valence-electron chi connectivity index (χ3n) is 2.56. The number of carbonyl (C=O) groups is 1. The van der Waals surface area contributed by atoms with Crippen LogP contribution >= 0.6 is 0 Å². The molecule has 92 valence electrons. The molecule has 4 nitrogen and oxygen atoms in total. The van der Waals surface area contributed by atoms with Crippen molar-refractivity contribution in [3.05, 3.63) is 12.2 Å². The van der Waals surface area contributed by atoms with Gasteiger partial charge in [-0.1, -0.05) is 12.2 Å². The Morgan fingerprint density at radius 1 is 1.56 bits per heavy atom. The fourth-order valence-electron chi connectivity index (χ4n) is 1.80.